The van der Waals surface area contributed by atoms with Crippen LogP contribution >= 0.6 is 11.3 Å². The van der Waals surface area contributed by atoms with Gasteiger partial charge in [-0.1, -0.05) is 19.3 Å². The summed E-state index contributed by atoms with van der Waals surface area (Å²) in [5.41, 5.74) is 6.02. The number of rotatable bonds is 6. The number of hydrogen-bond donors (Lipinski definition) is 2. The van der Waals surface area contributed by atoms with E-state index in [9.17, 15) is 4.79 Å². The van der Waals surface area contributed by atoms with E-state index >= 15 is 0 Å². The lowest BCUT2D eigenvalue weighted by molar-refractivity contribution is 0.0917. The average molecular weight is 310 g/mol. The van der Waals surface area contributed by atoms with Crippen molar-refractivity contribution in [3.8, 4) is 0 Å². The van der Waals surface area contributed by atoms with Crippen LogP contribution in [-0.4, -0.2) is 42.5 Å². The summed E-state index contributed by atoms with van der Waals surface area (Å²) in [5, 5.41) is 5.62. The summed E-state index contributed by atoms with van der Waals surface area (Å²) in [7, 11) is 4.20. The Balaban J connectivity index is 1.90. The Kier molecular flexibility index (Phi) is 6.14. The second-order valence-corrected chi connectivity index (χ2v) is 6.91. The zero-order valence-electron chi connectivity index (χ0n) is 13.0. The van der Waals surface area contributed by atoms with Gasteiger partial charge in [0, 0.05) is 24.5 Å². The molecule has 0 aliphatic heterocycles. The van der Waals surface area contributed by atoms with E-state index in [-0.39, 0.29) is 5.91 Å². The molecule has 0 spiro atoms. The van der Waals surface area contributed by atoms with Gasteiger partial charge in [-0.05, 0) is 32.9 Å². The maximum atomic E-state index is 12.2. The normalized spacial score (nSPS) is 17.9. The number of hydrogen-bond acceptors (Lipinski definition) is 5. The van der Waals surface area contributed by atoms with Crippen LogP contribution in [-0.2, 0) is 6.54 Å². The predicted molar refractivity (Wildman–Crippen MR) is 86.4 cm³/mol. The molecule has 5 nitrogen and oxygen atoms in total. The molecule has 1 aliphatic rings. The van der Waals surface area contributed by atoms with Crippen LogP contribution in [0, 0.1) is 5.92 Å². The smallest absolute Gasteiger partial charge is 0.270 e. The molecule has 1 amide bonds. The number of nitrogens with zero attached hydrogens (tertiary/aromatic N) is 2. The van der Waals surface area contributed by atoms with Crippen LogP contribution in [0.15, 0.2) is 5.38 Å². The lowest BCUT2D eigenvalue weighted by Crippen LogP contribution is -2.45. The van der Waals surface area contributed by atoms with Crippen molar-refractivity contribution in [2.75, 3.05) is 20.6 Å². The Morgan fingerprint density at radius 2 is 2.19 bits per heavy atom. The molecule has 1 atom stereocenters. The highest BCUT2D eigenvalue weighted by molar-refractivity contribution is 7.09. The highest BCUT2D eigenvalue weighted by Crippen LogP contribution is 2.28. The number of thiazole rings is 1. The molecule has 1 heterocycles. The molecule has 0 aromatic carbocycles. The van der Waals surface area contributed by atoms with E-state index in [4.69, 9.17) is 5.73 Å². The van der Waals surface area contributed by atoms with Crippen LogP contribution in [0.3, 0.4) is 0 Å². The second kappa shape index (κ2) is 7.87. The van der Waals surface area contributed by atoms with E-state index in [1.165, 1.54) is 43.4 Å². The molecular weight excluding hydrogens is 284 g/mol. The van der Waals surface area contributed by atoms with Crippen molar-refractivity contribution in [3.63, 3.8) is 0 Å². The summed E-state index contributed by atoms with van der Waals surface area (Å²) in [6.45, 7) is 1.08. The summed E-state index contributed by atoms with van der Waals surface area (Å²) in [6, 6.07) is 0.405. The van der Waals surface area contributed by atoms with E-state index in [0.717, 1.165) is 5.01 Å². The lowest BCUT2D eigenvalue weighted by atomic mass is 9.83. The maximum Gasteiger partial charge on any atom is 0.270 e. The fraction of sp³-hybridized carbons (Fsp3) is 0.733. The van der Waals surface area contributed by atoms with Crippen molar-refractivity contribution in [1.29, 1.82) is 0 Å². The second-order valence-electron chi connectivity index (χ2n) is 5.97. The van der Waals surface area contributed by atoms with Gasteiger partial charge in [-0.2, -0.15) is 0 Å². The third-order valence-corrected chi connectivity index (χ3v) is 5.16. The standard InChI is InChI=1S/C15H26N4OS/c1-19(2)13(11-6-4-3-5-7-11)9-17-15(20)12-10-21-14(8-16)18-12/h10-11,13H,3-9,16H2,1-2H3,(H,17,20). The van der Waals surface area contributed by atoms with Crippen LogP contribution < -0.4 is 11.1 Å². The van der Waals surface area contributed by atoms with Gasteiger partial charge < -0.3 is 16.0 Å². The molecule has 1 aliphatic carbocycles. The minimum Gasteiger partial charge on any atom is -0.349 e. The minimum atomic E-state index is -0.0893. The molecular formula is C15H26N4OS. The summed E-state index contributed by atoms with van der Waals surface area (Å²) in [5.74, 6) is 0.595. The zero-order valence-corrected chi connectivity index (χ0v) is 13.8. The molecule has 21 heavy (non-hydrogen) atoms. The zero-order chi connectivity index (χ0) is 15.2. The maximum absolute atomic E-state index is 12.2. The van der Waals surface area contributed by atoms with Crippen molar-refractivity contribution in [2.45, 2.75) is 44.7 Å². The van der Waals surface area contributed by atoms with E-state index in [0.29, 0.717) is 30.7 Å². The predicted octanol–water partition coefficient (Wildman–Crippen LogP) is 1.84. The molecule has 3 N–H and O–H groups in total. The molecule has 1 saturated carbocycles. The van der Waals surface area contributed by atoms with E-state index in [1.54, 1.807) is 5.38 Å². The minimum absolute atomic E-state index is 0.0893. The number of carbonyl (C=O) groups excluding carboxylic acids is 1. The summed E-state index contributed by atoms with van der Waals surface area (Å²) in [6.07, 6.45) is 6.52. The molecule has 118 valence electrons. The van der Waals surface area contributed by atoms with Crippen LogP contribution in [0.5, 0.6) is 0 Å². The summed E-state index contributed by atoms with van der Waals surface area (Å²) in [4.78, 5) is 18.6. The van der Waals surface area contributed by atoms with E-state index in [2.05, 4.69) is 29.3 Å². The summed E-state index contributed by atoms with van der Waals surface area (Å²) < 4.78 is 0. The topological polar surface area (TPSA) is 71.2 Å². The monoisotopic (exact) mass is 310 g/mol. The van der Waals surface area contributed by atoms with Crippen LogP contribution in [0.4, 0.5) is 0 Å². The number of likely N-dealkylation sites (N-methyl/N-ethyl adjacent to an activating group) is 1. The highest BCUT2D eigenvalue weighted by Gasteiger charge is 2.26. The van der Waals surface area contributed by atoms with Gasteiger partial charge in [-0.25, -0.2) is 4.98 Å². The first-order valence-electron chi connectivity index (χ1n) is 7.71. The molecule has 1 fully saturated rings. The average Bonchev–Trinajstić information content (AvgIpc) is 2.97. The van der Waals surface area contributed by atoms with Crippen molar-refractivity contribution in [1.82, 2.24) is 15.2 Å². The van der Waals surface area contributed by atoms with Gasteiger partial charge in [0.25, 0.3) is 5.91 Å². The molecule has 2 rings (SSSR count). The molecule has 6 heteroatoms. The molecule has 1 unspecified atom stereocenters. The number of nitrogens with one attached hydrogen (secondary N) is 1. The molecule has 0 bridgehead atoms. The quantitative estimate of drug-likeness (QED) is 0.841. The van der Waals surface area contributed by atoms with Gasteiger partial charge in [0.2, 0.25) is 0 Å². The Hall–Kier alpha value is -0.980. The first-order valence-corrected chi connectivity index (χ1v) is 8.59. The van der Waals surface area contributed by atoms with Gasteiger partial charge in [-0.3, -0.25) is 4.79 Å². The van der Waals surface area contributed by atoms with Gasteiger partial charge in [0.05, 0.1) is 0 Å². The molecule has 0 radical (unpaired) electrons. The van der Waals surface area contributed by atoms with Crippen LogP contribution in [0.1, 0.15) is 47.6 Å². The van der Waals surface area contributed by atoms with Crippen molar-refractivity contribution >= 4 is 17.2 Å². The largest absolute Gasteiger partial charge is 0.349 e. The van der Waals surface area contributed by atoms with Gasteiger partial charge in [0.15, 0.2) is 0 Å². The number of aromatic nitrogens is 1. The van der Waals surface area contributed by atoms with Crippen molar-refractivity contribution in [2.24, 2.45) is 11.7 Å². The Morgan fingerprint density at radius 3 is 2.76 bits per heavy atom. The Labute approximate surface area is 130 Å². The SMILES string of the molecule is CN(C)C(CNC(=O)c1csc(CN)n1)C1CCCCC1. The van der Waals surface area contributed by atoms with Crippen LogP contribution in [0.25, 0.3) is 0 Å². The summed E-state index contributed by atoms with van der Waals surface area (Å²) >= 11 is 1.44. The Morgan fingerprint density at radius 1 is 1.48 bits per heavy atom. The van der Waals surface area contributed by atoms with E-state index in [1.807, 2.05) is 0 Å². The van der Waals surface area contributed by atoms with Crippen molar-refractivity contribution < 1.29 is 4.79 Å². The lowest BCUT2D eigenvalue weighted by Gasteiger charge is -2.34. The van der Waals surface area contributed by atoms with Gasteiger partial charge in [0.1, 0.15) is 10.7 Å². The molecule has 0 saturated heterocycles. The van der Waals surface area contributed by atoms with Gasteiger partial charge in [-0.15, -0.1) is 11.3 Å². The van der Waals surface area contributed by atoms with Crippen molar-refractivity contribution in [3.05, 3.63) is 16.1 Å². The highest BCUT2D eigenvalue weighted by atomic mass is 32.1. The number of amides is 1. The third kappa shape index (κ3) is 4.49. The fourth-order valence-electron chi connectivity index (χ4n) is 3.09. The third-order valence-electron chi connectivity index (χ3n) is 4.29. The molecule has 1 aromatic heterocycles. The number of nitrogens with two attached hydrogens (primary N) is 1. The van der Waals surface area contributed by atoms with E-state index < -0.39 is 0 Å². The fourth-order valence-corrected chi connectivity index (χ4v) is 3.74. The first kappa shape index (κ1) is 16.4. The van der Waals surface area contributed by atoms with Gasteiger partial charge >= 0.3 is 0 Å². The molecule has 1 aromatic rings. The number of carbonyl (C=O) groups is 1. The van der Waals surface area contributed by atoms with Crippen LogP contribution in [0.2, 0.25) is 0 Å². The Bertz CT molecular complexity index is 454. The first-order chi connectivity index (χ1) is 10.1.